The van der Waals surface area contributed by atoms with Gasteiger partial charge in [0, 0.05) is 41.8 Å². The molecule has 1 heterocycles. The molecule has 0 atom stereocenters. The molecule has 4 aliphatic rings. The standard InChI is InChI=1S/C19H20ClFN2O/c20-16-4-2-1-3-14(16)11-17(24)22-15-5-9-23(10-6-15)19-8-7-18(21,12-19)13-19/h1-6,9H,7-8,10-13H2,(H,22,24). The maximum Gasteiger partial charge on any atom is 0.228 e. The number of benzene rings is 1. The molecule has 5 rings (SSSR count). The van der Waals surface area contributed by atoms with Crippen molar-refractivity contribution in [2.75, 3.05) is 6.54 Å². The van der Waals surface area contributed by atoms with Gasteiger partial charge in [-0.1, -0.05) is 29.8 Å². The lowest BCUT2D eigenvalue weighted by Crippen LogP contribution is -2.55. The molecule has 24 heavy (non-hydrogen) atoms. The van der Waals surface area contributed by atoms with Crippen molar-refractivity contribution in [2.45, 2.75) is 43.3 Å². The molecular formula is C19H20ClFN2O. The number of hydrogen-bond donors (Lipinski definition) is 1. The number of allylic oxidation sites excluding steroid dienone is 1. The summed E-state index contributed by atoms with van der Waals surface area (Å²) in [7, 11) is 0. The lowest BCUT2D eigenvalue weighted by Gasteiger charge is -2.50. The second-order valence-corrected chi connectivity index (χ2v) is 7.58. The first-order chi connectivity index (χ1) is 11.5. The predicted octanol–water partition coefficient (Wildman–Crippen LogP) is 3.75. The highest BCUT2D eigenvalue weighted by molar-refractivity contribution is 6.31. The summed E-state index contributed by atoms with van der Waals surface area (Å²) < 4.78 is 14.0. The molecule has 0 saturated heterocycles. The minimum absolute atomic E-state index is 0.00878. The quantitative estimate of drug-likeness (QED) is 0.900. The van der Waals surface area contributed by atoms with Gasteiger partial charge in [-0.15, -0.1) is 0 Å². The van der Waals surface area contributed by atoms with Gasteiger partial charge in [-0.25, -0.2) is 4.39 Å². The van der Waals surface area contributed by atoms with Gasteiger partial charge in [-0.2, -0.15) is 0 Å². The van der Waals surface area contributed by atoms with Crippen LogP contribution in [0.25, 0.3) is 0 Å². The molecule has 3 saturated carbocycles. The zero-order chi connectivity index (χ0) is 16.8. The summed E-state index contributed by atoms with van der Waals surface area (Å²) in [6, 6.07) is 7.36. The summed E-state index contributed by atoms with van der Waals surface area (Å²) >= 11 is 6.09. The van der Waals surface area contributed by atoms with E-state index < -0.39 is 5.67 Å². The molecule has 1 aromatic rings. The Kier molecular flexibility index (Phi) is 3.68. The molecule has 3 fully saturated rings. The molecule has 0 unspecified atom stereocenters. The van der Waals surface area contributed by atoms with E-state index in [4.69, 9.17) is 11.6 Å². The first-order valence-electron chi connectivity index (χ1n) is 8.35. The molecule has 3 nitrogen and oxygen atoms in total. The Morgan fingerprint density at radius 1 is 1.29 bits per heavy atom. The molecular weight excluding hydrogens is 327 g/mol. The fourth-order valence-corrected chi connectivity index (χ4v) is 4.45. The van der Waals surface area contributed by atoms with Crippen molar-refractivity contribution in [2.24, 2.45) is 0 Å². The zero-order valence-corrected chi connectivity index (χ0v) is 14.2. The Morgan fingerprint density at radius 2 is 2.08 bits per heavy atom. The van der Waals surface area contributed by atoms with Crippen LogP contribution in [0.2, 0.25) is 5.02 Å². The molecule has 0 spiro atoms. The number of halogens is 2. The summed E-state index contributed by atoms with van der Waals surface area (Å²) in [6.45, 7) is 0.717. The molecule has 2 bridgehead atoms. The molecule has 5 heteroatoms. The van der Waals surface area contributed by atoms with E-state index >= 15 is 0 Å². The Hall–Kier alpha value is -1.81. The maximum atomic E-state index is 14.0. The number of nitrogens with one attached hydrogen (secondary N) is 1. The Bertz CT molecular complexity index is 737. The first-order valence-corrected chi connectivity index (χ1v) is 8.73. The maximum absolute atomic E-state index is 14.0. The van der Waals surface area contributed by atoms with Crippen molar-refractivity contribution in [3.63, 3.8) is 0 Å². The Morgan fingerprint density at radius 3 is 2.71 bits per heavy atom. The minimum atomic E-state index is -0.916. The number of carbonyl (C=O) groups excluding carboxylic acids is 1. The van der Waals surface area contributed by atoms with Crippen molar-refractivity contribution < 1.29 is 9.18 Å². The van der Waals surface area contributed by atoms with Gasteiger partial charge in [0.1, 0.15) is 5.67 Å². The van der Waals surface area contributed by atoms with Crippen molar-refractivity contribution in [1.29, 1.82) is 0 Å². The summed E-state index contributed by atoms with van der Waals surface area (Å²) in [4.78, 5) is 14.4. The highest BCUT2D eigenvalue weighted by atomic mass is 35.5. The van der Waals surface area contributed by atoms with Crippen molar-refractivity contribution in [1.82, 2.24) is 10.2 Å². The number of alkyl halides is 1. The van der Waals surface area contributed by atoms with Crippen LogP contribution < -0.4 is 5.32 Å². The van der Waals surface area contributed by atoms with Crippen LogP contribution in [0.5, 0.6) is 0 Å². The van der Waals surface area contributed by atoms with E-state index in [0.29, 0.717) is 30.8 Å². The van der Waals surface area contributed by atoms with Gasteiger partial charge < -0.3 is 10.2 Å². The molecule has 0 radical (unpaired) electrons. The second-order valence-electron chi connectivity index (χ2n) is 7.17. The Labute approximate surface area is 146 Å². The van der Waals surface area contributed by atoms with Gasteiger partial charge in [-0.3, -0.25) is 4.79 Å². The number of hydrogen-bond acceptors (Lipinski definition) is 2. The fraction of sp³-hybridized carbons (Fsp3) is 0.421. The van der Waals surface area contributed by atoms with Gasteiger partial charge in [0.2, 0.25) is 5.91 Å². The number of rotatable bonds is 4. The van der Waals surface area contributed by atoms with Gasteiger partial charge in [0.05, 0.1) is 6.42 Å². The monoisotopic (exact) mass is 346 g/mol. The van der Waals surface area contributed by atoms with E-state index in [-0.39, 0.29) is 17.9 Å². The van der Waals surface area contributed by atoms with E-state index in [1.54, 1.807) is 6.07 Å². The first kappa shape index (κ1) is 15.7. The van der Waals surface area contributed by atoms with Gasteiger partial charge in [0.25, 0.3) is 0 Å². The number of amides is 1. The summed E-state index contributed by atoms with van der Waals surface area (Å²) in [5.74, 6) is -0.0853. The topological polar surface area (TPSA) is 32.3 Å². The van der Waals surface area contributed by atoms with Crippen LogP contribution >= 0.6 is 11.6 Å². The van der Waals surface area contributed by atoms with E-state index in [2.05, 4.69) is 10.2 Å². The summed E-state index contributed by atoms with van der Waals surface area (Å²) in [5, 5.41) is 3.52. The van der Waals surface area contributed by atoms with Crippen molar-refractivity contribution in [3.05, 3.63) is 58.9 Å². The van der Waals surface area contributed by atoms with E-state index in [0.717, 1.165) is 17.7 Å². The molecule has 3 aliphatic carbocycles. The largest absolute Gasteiger partial charge is 0.368 e. The molecule has 1 aliphatic heterocycles. The van der Waals surface area contributed by atoms with Crippen LogP contribution in [-0.4, -0.2) is 28.6 Å². The third-order valence-electron chi connectivity index (χ3n) is 5.47. The van der Waals surface area contributed by atoms with Crippen LogP contribution in [0, 0.1) is 0 Å². The summed E-state index contributed by atoms with van der Waals surface area (Å²) in [5.41, 5.74) is 0.705. The summed E-state index contributed by atoms with van der Waals surface area (Å²) in [6.07, 6.45) is 9.05. The number of carbonyl (C=O) groups is 1. The molecule has 1 aromatic carbocycles. The molecule has 1 amide bonds. The second kappa shape index (κ2) is 5.62. The average Bonchev–Trinajstić information content (AvgIpc) is 3.05. The van der Waals surface area contributed by atoms with Crippen LogP contribution in [-0.2, 0) is 11.2 Å². The third-order valence-corrected chi connectivity index (χ3v) is 5.84. The average molecular weight is 347 g/mol. The number of nitrogens with zero attached hydrogens (tertiary/aromatic N) is 1. The van der Waals surface area contributed by atoms with Gasteiger partial charge >= 0.3 is 0 Å². The zero-order valence-electron chi connectivity index (χ0n) is 13.4. The SMILES string of the molecule is O=C(Cc1ccccc1Cl)NC1=CCN(C23CCC(F)(C2)C3)C=C1. The third kappa shape index (κ3) is 2.73. The van der Waals surface area contributed by atoms with E-state index in [1.165, 1.54) is 0 Å². The van der Waals surface area contributed by atoms with E-state index in [1.807, 2.05) is 36.6 Å². The highest BCUT2D eigenvalue weighted by Crippen LogP contribution is 2.60. The van der Waals surface area contributed by atoms with Crippen LogP contribution in [0.4, 0.5) is 4.39 Å². The highest BCUT2D eigenvalue weighted by Gasteiger charge is 2.63. The fourth-order valence-electron chi connectivity index (χ4n) is 4.24. The Balaban J connectivity index is 1.33. The normalized spacial score (nSPS) is 30.8. The van der Waals surface area contributed by atoms with Crippen LogP contribution in [0.1, 0.15) is 31.2 Å². The predicted molar refractivity (Wildman–Crippen MR) is 92.3 cm³/mol. The minimum Gasteiger partial charge on any atom is -0.368 e. The van der Waals surface area contributed by atoms with Crippen LogP contribution in [0.3, 0.4) is 0 Å². The molecule has 0 aromatic heterocycles. The smallest absolute Gasteiger partial charge is 0.228 e. The van der Waals surface area contributed by atoms with E-state index in [9.17, 15) is 9.18 Å². The molecule has 126 valence electrons. The lowest BCUT2D eigenvalue weighted by molar-refractivity contribution is -0.119. The van der Waals surface area contributed by atoms with Gasteiger partial charge in [-0.05, 0) is 36.6 Å². The van der Waals surface area contributed by atoms with Crippen molar-refractivity contribution in [3.8, 4) is 0 Å². The molecule has 1 N–H and O–H groups in total. The van der Waals surface area contributed by atoms with Crippen LogP contribution in [0.15, 0.2) is 48.3 Å². The van der Waals surface area contributed by atoms with Crippen molar-refractivity contribution >= 4 is 17.5 Å². The lowest BCUT2D eigenvalue weighted by atomic mass is 9.73. The number of fused-ring (bicyclic) bond motifs is 1. The van der Waals surface area contributed by atoms with Gasteiger partial charge in [0.15, 0.2) is 0 Å².